The lowest BCUT2D eigenvalue weighted by Gasteiger charge is -2.25. The van der Waals surface area contributed by atoms with Gasteiger partial charge in [-0.25, -0.2) is 4.39 Å². The Bertz CT molecular complexity index is 1380. The second kappa shape index (κ2) is 7.32. The van der Waals surface area contributed by atoms with E-state index in [1.807, 2.05) is 6.07 Å². The lowest BCUT2D eigenvalue weighted by Crippen LogP contribution is -2.29. The Morgan fingerprint density at radius 1 is 1.16 bits per heavy atom. The number of aromatic nitrogens is 1. The third-order valence-electron chi connectivity index (χ3n) is 5.51. The van der Waals surface area contributed by atoms with Crippen molar-refractivity contribution in [3.8, 4) is 0 Å². The highest BCUT2D eigenvalue weighted by atomic mass is 35.5. The SMILES string of the molecule is Cc1cc2oc3c(c(=O)c2cc1Cl)C(c1ccc(F)cc1)N(Cc1cccnc1)C3=O. The molecule has 0 bridgehead atoms. The van der Waals surface area contributed by atoms with Gasteiger partial charge in [-0.05, 0) is 53.9 Å². The molecule has 5 rings (SSSR count). The van der Waals surface area contributed by atoms with Crippen LogP contribution >= 0.6 is 11.6 Å². The van der Waals surface area contributed by atoms with Crippen LogP contribution in [0, 0.1) is 12.7 Å². The molecule has 2 aromatic carbocycles. The molecule has 0 aliphatic carbocycles. The first-order valence-electron chi connectivity index (χ1n) is 9.66. The molecular weight excluding hydrogens is 419 g/mol. The first-order chi connectivity index (χ1) is 14.9. The summed E-state index contributed by atoms with van der Waals surface area (Å²) in [6.07, 6.45) is 3.30. The van der Waals surface area contributed by atoms with Gasteiger partial charge >= 0.3 is 0 Å². The second-order valence-electron chi connectivity index (χ2n) is 7.52. The van der Waals surface area contributed by atoms with Crippen LogP contribution in [-0.2, 0) is 6.54 Å². The van der Waals surface area contributed by atoms with Gasteiger partial charge in [-0.1, -0.05) is 29.8 Å². The minimum Gasteiger partial charge on any atom is -0.450 e. The monoisotopic (exact) mass is 434 g/mol. The van der Waals surface area contributed by atoms with E-state index in [0.29, 0.717) is 21.6 Å². The van der Waals surface area contributed by atoms with Crippen molar-refractivity contribution in [1.29, 1.82) is 0 Å². The topological polar surface area (TPSA) is 63.4 Å². The van der Waals surface area contributed by atoms with E-state index in [1.54, 1.807) is 54.5 Å². The van der Waals surface area contributed by atoms with Crippen molar-refractivity contribution >= 4 is 28.5 Å². The second-order valence-corrected chi connectivity index (χ2v) is 7.93. The predicted molar refractivity (Wildman–Crippen MR) is 115 cm³/mol. The van der Waals surface area contributed by atoms with Crippen molar-refractivity contribution in [3.63, 3.8) is 0 Å². The average molecular weight is 435 g/mol. The first kappa shape index (κ1) is 19.5. The lowest BCUT2D eigenvalue weighted by molar-refractivity contribution is 0.0714. The minimum atomic E-state index is -0.718. The van der Waals surface area contributed by atoms with Gasteiger partial charge in [-0.3, -0.25) is 14.6 Å². The van der Waals surface area contributed by atoms with Crippen molar-refractivity contribution in [2.75, 3.05) is 0 Å². The molecule has 2 aromatic heterocycles. The number of aryl methyl sites for hydroxylation is 1. The fourth-order valence-electron chi connectivity index (χ4n) is 3.98. The van der Waals surface area contributed by atoms with Crippen LogP contribution in [0.1, 0.15) is 38.9 Å². The van der Waals surface area contributed by atoms with Gasteiger partial charge in [0.25, 0.3) is 5.91 Å². The highest BCUT2D eigenvalue weighted by Gasteiger charge is 2.42. The minimum absolute atomic E-state index is 0.00237. The number of carbonyl (C=O) groups is 1. The number of benzene rings is 2. The maximum absolute atomic E-state index is 13.6. The predicted octanol–water partition coefficient (Wildman–Crippen LogP) is 5.03. The van der Waals surface area contributed by atoms with E-state index >= 15 is 0 Å². The number of pyridine rings is 1. The zero-order valence-electron chi connectivity index (χ0n) is 16.4. The number of fused-ring (bicyclic) bond motifs is 2. The Morgan fingerprint density at radius 3 is 2.65 bits per heavy atom. The molecule has 0 saturated carbocycles. The summed E-state index contributed by atoms with van der Waals surface area (Å²) >= 11 is 6.24. The van der Waals surface area contributed by atoms with Crippen LogP contribution in [0.4, 0.5) is 4.39 Å². The summed E-state index contributed by atoms with van der Waals surface area (Å²) in [5.74, 6) is -0.808. The zero-order chi connectivity index (χ0) is 21.7. The zero-order valence-corrected chi connectivity index (χ0v) is 17.2. The van der Waals surface area contributed by atoms with E-state index in [0.717, 1.165) is 11.1 Å². The molecule has 0 N–H and O–H groups in total. The van der Waals surface area contributed by atoms with Crippen molar-refractivity contribution in [3.05, 3.63) is 110 Å². The smallest absolute Gasteiger partial charge is 0.291 e. The van der Waals surface area contributed by atoms with E-state index < -0.39 is 17.8 Å². The summed E-state index contributed by atoms with van der Waals surface area (Å²) < 4.78 is 19.5. The third-order valence-corrected chi connectivity index (χ3v) is 5.92. The van der Waals surface area contributed by atoms with Crippen LogP contribution in [0.5, 0.6) is 0 Å². The van der Waals surface area contributed by atoms with Crippen molar-refractivity contribution in [2.24, 2.45) is 0 Å². The largest absolute Gasteiger partial charge is 0.450 e. The van der Waals surface area contributed by atoms with Gasteiger partial charge in [-0.15, -0.1) is 0 Å². The van der Waals surface area contributed by atoms with Crippen molar-refractivity contribution in [1.82, 2.24) is 9.88 Å². The summed E-state index contributed by atoms with van der Waals surface area (Å²) in [7, 11) is 0. The number of hydrogen-bond acceptors (Lipinski definition) is 4. The molecule has 7 heteroatoms. The molecule has 4 aromatic rings. The van der Waals surface area contributed by atoms with Crippen LogP contribution in [0.15, 0.2) is 70.1 Å². The summed E-state index contributed by atoms with van der Waals surface area (Å²) in [4.78, 5) is 32.5. The summed E-state index contributed by atoms with van der Waals surface area (Å²) in [6, 6.07) is 11.9. The molecule has 3 heterocycles. The average Bonchev–Trinajstić information content (AvgIpc) is 3.03. The first-order valence-corrected chi connectivity index (χ1v) is 10.0. The molecule has 1 amide bonds. The van der Waals surface area contributed by atoms with Crippen LogP contribution in [0.2, 0.25) is 5.02 Å². The fraction of sp³-hybridized carbons (Fsp3) is 0.125. The Morgan fingerprint density at radius 2 is 1.94 bits per heavy atom. The number of nitrogens with zero attached hydrogens (tertiary/aromatic N) is 2. The molecule has 1 atom stereocenters. The fourth-order valence-corrected chi connectivity index (χ4v) is 4.15. The van der Waals surface area contributed by atoms with Crippen LogP contribution in [0.3, 0.4) is 0 Å². The van der Waals surface area contributed by atoms with Crippen LogP contribution in [0.25, 0.3) is 11.0 Å². The van der Waals surface area contributed by atoms with Crippen LogP contribution in [-0.4, -0.2) is 15.8 Å². The van der Waals surface area contributed by atoms with Gasteiger partial charge in [0.1, 0.15) is 11.4 Å². The standard InChI is InChI=1S/C24H16ClFN2O3/c1-13-9-19-17(10-18(13)25)22(29)20-21(15-4-6-16(26)7-5-15)28(24(30)23(20)31-19)12-14-3-2-8-27-11-14/h2-11,21H,12H2,1H3. The summed E-state index contributed by atoms with van der Waals surface area (Å²) in [5.41, 5.74) is 2.36. The van der Waals surface area contributed by atoms with E-state index in [9.17, 15) is 14.0 Å². The molecule has 1 aliphatic rings. The molecule has 0 radical (unpaired) electrons. The van der Waals surface area contributed by atoms with Gasteiger partial charge in [0.2, 0.25) is 5.76 Å². The highest BCUT2D eigenvalue weighted by molar-refractivity contribution is 6.32. The van der Waals surface area contributed by atoms with Gasteiger partial charge in [-0.2, -0.15) is 0 Å². The highest BCUT2D eigenvalue weighted by Crippen LogP contribution is 2.39. The summed E-state index contributed by atoms with van der Waals surface area (Å²) in [5, 5.41) is 0.743. The van der Waals surface area contributed by atoms with Crippen molar-refractivity contribution in [2.45, 2.75) is 19.5 Å². The Kier molecular flexibility index (Phi) is 4.59. The van der Waals surface area contributed by atoms with Gasteiger partial charge < -0.3 is 9.32 Å². The van der Waals surface area contributed by atoms with E-state index in [2.05, 4.69) is 4.98 Å². The summed E-state index contributed by atoms with van der Waals surface area (Å²) in [6.45, 7) is 2.02. The van der Waals surface area contributed by atoms with Gasteiger partial charge in [0.15, 0.2) is 5.43 Å². The molecule has 0 fully saturated rings. The molecule has 154 valence electrons. The quantitative estimate of drug-likeness (QED) is 0.453. The lowest BCUT2D eigenvalue weighted by atomic mass is 9.98. The van der Waals surface area contributed by atoms with Crippen LogP contribution < -0.4 is 5.43 Å². The molecule has 1 unspecified atom stereocenters. The van der Waals surface area contributed by atoms with Gasteiger partial charge in [0.05, 0.1) is 17.0 Å². The molecule has 31 heavy (non-hydrogen) atoms. The number of carbonyl (C=O) groups excluding carboxylic acids is 1. The van der Waals surface area contributed by atoms with E-state index in [4.69, 9.17) is 16.0 Å². The maximum atomic E-state index is 13.6. The third kappa shape index (κ3) is 3.20. The Balaban J connectivity index is 1.75. The van der Waals surface area contributed by atoms with Gasteiger partial charge in [0, 0.05) is 24.0 Å². The van der Waals surface area contributed by atoms with E-state index in [1.165, 1.54) is 12.1 Å². The normalized spacial score (nSPS) is 15.5. The number of rotatable bonds is 3. The number of amides is 1. The molecule has 1 aliphatic heterocycles. The number of halogens is 2. The number of hydrogen-bond donors (Lipinski definition) is 0. The molecular formula is C24H16ClFN2O3. The molecule has 5 nitrogen and oxygen atoms in total. The molecule has 0 spiro atoms. The Labute approximate surface area is 181 Å². The van der Waals surface area contributed by atoms with Crippen molar-refractivity contribution < 1.29 is 13.6 Å². The molecule has 0 saturated heterocycles. The Hall–Kier alpha value is -3.51. The van der Waals surface area contributed by atoms with E-state index in [-0.39, 0.29) is 23.3 Å². The maximum Gasteiger partial charge on any atom is 0.291 e.